The molecule has 0 saturated carbocycles. The van der Waals surface area contributed by atoms with E-state index in [1.165, 1.54) is 0 Å². The van der Waals surface area contributed by atoms with Crippen LogP contribution in [0.4, 0.5) is 17.2 Å². The summed E-state index contributed by atoms with van der Waals surface area (Å²) in [6.07, 6.45) is 5.47. The maximum atomic E-state index is 13.3. The summed E-state index contributed by atoms with van der Waals surface area (Å²) in [6, 6.07) is 11.8. The van der Waals surface area contributed by atoms with Crippen molar-refractivity contribution in [2.45, 2.75) is 0 Å². The first-order valence-electron chi connectivity index (χ1n) is 12.6. The molecule has 0 unspecified atom stereocenters. The third-order valence-electron chi connectivity index (χ3n) is 7.04. The molecule has 0 aliphatic carbocycles. The molecule has 37 heavy (non-hydrogen) atoms. The summed E-state index contributed by atoms with van der Waals surface area (Å²) in [5.41, 5.74) is 4.89. The molecule has 0 bridgehead atoms. The fourth-order valence-electron chi connectivity index (χ4n) is 4.84. The largest absolute Gasteiger partial charge is 0.378 e. The lowest BCUT2D eigenvalue weighted by molar-refractivity contribution is 0.102. The second-order valence-electron chi connectivity index (χ2n) is 9.51. The topological polar surface area (TPSA) is 103 Å². The van der Waals surface area contributed by atoms with Crippen molar-refractivity contribution in [3.8, 4) is 11.1 Å². The van der Waals surface area contributed by atoms with E-state index in [0.717, 1.165) is 86.0 Å². The molecular weight excluding hydrogens is 468 g/mol. The van der Waals surface area contributed by atoms with E-state index in [9.17, 15) is 4.79 Å². The lowest BCUT2D eigenvalue weighted by Crippen LogP contribution is -2.44. The third kappa shape index (κ3) is 4.98. The van der Waals surface area contributed by atoms with E-state index in [1.807, 2.05) is 36.7 Å². The maximum Gasteiger partial charge on any atom is 0.276 e. The molecule has 2 fully saturated rings. The number of pyridine rings is 2. The molecular formula is C27H30N8O2. The van der Waals surface area contributed by atoms with Crippen LogP contribution in [0.3, 0.4) is 0 Å². The number of morpholine rings is 1. The second kappa shape index (κ2) is 10.2. The summed E-state index contributed by atoms with van der Waals surface area (Å²) < 4.78 is 5.48. The summed E-state index contributed by atoms with van der Waals surface area (Å²) in [7, 11) is 2.12. The number of carbonyl (C=O) groups excluding carboxylic acids is 1. The number of aromatic amines is 1. The molecule has 5 heterocycles. The van der Waals surface area contributed by atoms with Crippen LogP contribution in [0.1, 0.15) is 10.5 Å². The molecule has 3 aromatic heterocycles. The number of fused-ring (bicyclic) bond motifs is 1. The molecule has 1 aromatic carbocycles. The number of likely N-dealkylation sites (N-methyl/N-ethyl adjacent to an activating group) is 1. The van der Waals surface area contributed by atoms with Crippen LogP contribution in [0.2, 0.25) is 0 Å². The molecule has 2 aliphatic heterocycles. The number of ether oxygens (including phenoxy) is 1. The zero-order valence-electron chi connectivity index (χ0n) is 20.9. The van der Waals surface area contributed by atoms with E-state index in [-0.39, 0.29) is 5.91 Å². The fraction of sp³-hybridized carbons (Fsp3) is 0.333. The first-order valence-corrected chi connectivity index (χ1v) is 12.6. The quantitative estimate of drug-likeness (QED) is 0.433. The van der Waals surface area contributed by atoms with E-state index in [4.69, 9.17) is 4.74 Å². The molecule has 1 amide bonds. The number of nitrogens with zero attached hydrogens (tertiary/aromatic N) is 6. The number of hydrogen-bond acceptors (Lipinski definition) is 8. The van der Waals surface area contributed by atoms with Gasteiger partial charge in [-0.3, -0.25) is 14.9 Å². The fourth-order valence-corrected chi connectivity index (χ4v) is 4.84. The summed E-state index contributed by atoms with van der Waals surface area (Å²) in [5.74, 6) is 0.604. The van der Waals surface area contributed by atoms with Gasteiger partial charge in [-0.2, -0.15) is 5.10 Å². The number of aromatic nitrogens is 4. The van der Waals surface area contributed by atoms with Gasteiger partial charge in [0, 0.05) is 74.4 Å². The van der Waals surface area contributed by atoms with Gasteiger partial charge in [-0.05, 0) is 36.9 Å². The molecule has 10 nitrogen and oxygen atoms in total. The summed E-state index contributed by atoms with van der Waals surface area (Å²) >= 11 is 0. The Morgan fingerprint density at radius 3 is 2.62 bits per heavy atom. The molecule has 2 aliphatic rings. The zero-order valence-corrected chi connectivity index (χ0v) is 20.9. The Morgan fingerprint density at radius 2 is 1.78 bits per heavy atom. The van der Waals surface area contributed by atoms with E-state index in [2.05, 4.69) is 53.3 Å². The van der Waals surface area contributed by atoms with Crippen LogP contribution in [0.5, 0.6) is 0 Å². The summed E-state index contributed by atoms with van der Waals surface area (Å²) in [5, 5.41) is 11.1. The average molecular weight is 499 g/mol. The predicted octanol–water partition coefficient (Wildman–Crippen LogP) is 2.86. The molecule has 4 aromatic rings. The number of piperazine rings is 1. The molecule has 0 radical (unpaired) electrons. The minimum Gasteiger partial charge on any atom is -0.378 e. The van der Waals surface area contributed by atoms with Gasteiger partial charge in [-0.1, -0.05) is 6.07 Å². The Hall–Kier alpha value is -4.02. The van der Waals surface area contributed by atoms with Crippen LogP contribution in [0.15, 0.2) is 55.0 Å². The van der Waals surface area contributed by atoms with E-state index < -0.39 is 0 Å². The molecule has 6 rings (SSSR count). The molecule has 0 atom stereocenters. The van der Waals surface area contributed by atoms with Crippen LogP contribution in [0, 0.1) is 0 Å². The van der Waals surface area contributed by atoms with Crippen LogP contribution in [-0.2, 0) is 4.74 Å². The van der Waals surface area contributed by atoms with Crippen molar-refractivity contribution in [1.29, 1.82) is 0 Å². The number of anilines is 3. The Morgan fingerprint density at radius 1 is 0.946 bits per heavy atom. The van der Waals surface area contributed by atoms with Gasteiger partial charge in [-0.25, -0.2) is 4.98 Å². The minimum atomic E-state index is -0.265. The Bertz CT molecular complexity index is 1410. The van der Waals surface area contributed by atoms with E-state index >= 15 is 0 Å². The van der Waals surface area contributed by atoms with Crippen molar-refractivity contribution in [2.24, 2.45) is 0 Å². The monoisotopic (exact) mass is 498 g/mol. The Kier molecular flexibility index (Phi) is 6.42. The standard InChI is InChI=1S/C27H30N8O2/c1-33-6-8-35(9-7-33)25-16-21(4-5-29-25)30-27(36)26-23-15-19(2-3-24(23)31-32-26)20-14-22(18-28-17-20)34-10-12-37-13-11-34/h2-5,14-18H,6-13H2,1H3,(H,31,32)(H,29,30,36). The number of hydrogen-bond donors (Lipinski definition) is 2. The summed E-state index contributed by atoms with van der Waals surface area (Å²) in [6.45, 7) is 6.94. The minimum absolute atomic E-state index is 0.265. The number of rotatable bonds is 5. The van der Waals surface area contributed by atoms with E-state index in [1.54, 1.807) is 12.3 Å². The molecule has 10 heteroatoms. The lowest BCUT2D eigenvalue weighted by Gasteiger charge is -2.33. The molecule has 2 saturated heterocycles. The molecule has 2 N–H and O–H groups in total. The predicted molar refractivity (Wildman–Crippen MR) is 144 cm³/mol. The third-order valence-corrected chi connectivity index (χ3v) is 7.04. The van der Waals surface area contributed by atoms with Gasteiger partial charge in [0.05, 0.1) is 30.6 Å². The smallest absolute Gasteiger partial charge is 0.276 e. The number of carbonyl (C=O) groups is 1. The average Bonchev–Trinajstić information content (AvgIpc) is 3.38. The normalized spacial score (nSPS) is 16.8. The molecule has 190 valence electrons. The van der Waals surface area contributed by atoms with Crippen molar-refractivity contribution < 1.29 is 9.53 Å². The first kappa shape index (κ1) is 23.4. The number of benzene rings is 1. The Labute approximate surface area is 215 Å². The van der Waals surface area contributed by atoms with E-state index in [0.29, 0.717) is 11.4 Å². The van der Waals surface area contributed by atoms with Gasteiger partial charge in [-0.15, -0.1) is 0 Å². The van der Waals surface area contributed by atoms with Crippen molar-refractivity contribution in [1.82, 2.24) is 25.1 Å². The van der Waals surface area contributed by atoms with Gasteiger partial charge in [0.15, 0.2) is 5.69 Å². The van der Waals surface area contributed by atoms with Crippen LogP contribution in [-0.4, -0.2) is 90.5 Å². The highest BCUT2D eigenvalue weighted by atomic mass is 16.5. The highest BCUT2D eigenvalue weighted by molar-refractivity contribution is 6.11. The maximum absolute atomic E-state index is 13.3. The lowest BCUT2D eigenvalue weighted by atomic mass is 10.0. The first-order chi connectivity index (χ1) is 18.1. The number of H-pyrrole nitrogens is 1. The summed E-state index contributed by atoms with van der Waals surface area (Å²) in [4.78, 5) is 29.1. The number of amides is 1. The Balaban J connectivity index is 1.23. The van der Waals surface area contributed by atoms with Crippen molar-refractivity contribution >= 4 is 34.0 Å². The van der Waals surface area contributed by atoms with Gasteiger partial charge in [0.1, 0.15) is 5.82 Å². The van der Waals surface area contributed by atoms with Crippen LogP contribution >= 0.6 is 0 Å². The van der Waals surface area contributed by atoms with Gasteiger partial charge < -0.3 is 24.8 Å². The number of nitrogens with one attached hydrogen (secondary N) is 2. The van der Waals surface area contributed by atoms with Gasteiger partial charge >= 0.3 is 0 Å². The zero-order chi connectivity index (χ0) is 25.2. The second-order valence-corrected chi connectivity index (χ2v) is 9.51. The van der Waals surface area contributed by atoms with Gasteiger partial charge in [0.2, 0.25) is 0 Å². The van der Waals surface area contributed by atoms with Crippen molar-refractivity contribution in [3.05, 3.63) is 60.7 Å². The van der Waals surface area contributed by atoms with Crippen molar-refractivity contribution in [3.63, 3.8) is 0 Å². The highest BCUT2D eigenvalue weighted by Gasteiger charge is 2.19. The highest BCUT2D eigenvalue weighted by Crippen LogP contribution is 2.28. The van der Waals surface area contributed by atoms with Crippen molar-refractivity contribution in [2.75, 3.05) is 74.6 Å². The van der Waals surface area contributed by atoms with Gasteiger partial charge in [0.25, 0.3) is 5.91 Å². The molecule has 0 spiro atoms. The van der Waals surface area contributed by atoms with Crippen LogP contribution < -0.4 is 15.1 Å². The van der Waals surface area contributed by atoms with Crippen LogP contribution in [0.25, 0.3) is 22.0 Å². The SMILES string of the molecule is CN1CCN(c2cc(NC(=O)c3n[nH]c4ccc(-c5cncc(N6CCOCC6)c5)cc34)ccn2)CC1.